The van der Waals surface area contributed by atoms with Crippen LogP contribution in [0.3, 0.4) is 0 Å². The van der Waals surface area contributed by atoms with Gasteiger partial charge in [-0.05, 0) is 36.2 Å². The van der Waals surface area contributed by atoms with Gasteiger partial charge in [0.2, 0.25) is 9.84 Å². The highest BCUT2D eigenvalue weighted by Crippen LogP contribution is 2.21. The highest BCUT2D eigenvalue weighted by Gasteiger charge is 2.19. The molecule has 0 bridgehead atoms. The van der Waals surface area contributed by atoms with Crippen molar-refractivity contribution in [2.45, 2.75) is 22.3 Å². The van der Waals surface area contributed by atoms with Crippen molar-refractivity contribution in [1.82, 2.24) is 0 Å². The first kappa shape index (κ1) is 19.2. The number of halogens is 1. The normalized spacial score (nSPS) is 12.1. The van der Waals surface area contributed by atoms with Crippen LogP contribution >= 0.6 is 12.4 Å². The molecule has 1 atom stereocenters. The summed E-state index contributed by atoms with van der Waals surface area (Å²) in [5.74, 6) is -0.531. The Morgan fingerprint density at radius 1 is 1.09 bits per heavy atom. The van der Waals surface area contributed by atoms with Crippen LogP contribution in [0.25, 0.3) is 0 Å². The fourth-order valence-corrected chi connectivity index (χ4v) is 3.42. The minimum absolute atomic E-state index is 0. The Morgan fingerprint density at radius 2 is 1.70 bits per heavy atom. The number of nitrogens with two attached hydrogens (primary N) is 1. The molecular formula is C16H18ClNO4S. The molecule has 0 aliphatic carbocycles. The lowest BCUT2D eigenvalue weighted by Crippen LogP contribution is -2.33. The zero-order valence-electron chi connectivity index (χ0n) is 12.5. The van der Waals surface area contributed by atoms with Crippen molar-refractivity contribution in [2.24, 2.45) is 5.73 Å². The van der Waals surface area contributed by atoms with Gasteiger partial charge >= 0.3 is 5.97 Å². The van der Waals surface area contributed by atoms with Crippen LogP contribution in [0.5, 0.6) is 0 Å². The summed E-state index contributed by atoms with van der Waals surface area (Å²) in [4.78, 5) is 11.8. The Balaban J connectivity index is 0.00000264. The smallest absolute Gasteiger partial charge is 0.322 e. The largest absolute Gasteiger partial charge is 0.468 e. The Labute approximate surface area is 141 Å². The molecule has 2 N–H and O–H groups in total. The average molecular weight is 356 g/mol. The first-order chi connectivity index (χ1) is 10.4. The molecule has 0 radical (unpaired) electrons. The van der Waals surface area contributed by atoms with Gasteiger partial charge in [-0.3, -0.25) is 4.79 Å². The molecule has 0 aliphatic heterocycles. The van der Waals surface area contributed by atoms with Crippen molar-refractivity contribution in [3.63, 3.8) is 0 Å². The molecule has 0 aromatic heterocycles. The molecule has 0 heterocycles. The third-order valence-corrected chi connectivity index (χ3v) is 4.99. The van der Waals surface area contributed by atoms with Gasteiger partial charge in [0, 0.05) is 0 Å². The van der Waals surface area contributed by atoms with E-state index in [1.54, 1.807) is 42.5 Å². The van der Waals surface area contributed by atoms with Gasteiger partial charge in [-0.2, -0.15) is 0 Å². The highest BCUT2D eigenvalue weighted by atomic mass is 35.5. The molecule has 0 spiro atoms. The maximum atomic E-state index is 12.5. The molecule has 0 saturated heterocycles. The fraction of sp³-hybridized carbons (Fsp3) is 0.188. The minimum atomic E-state index is -3.58. The summed E-state index contributed by atoms with van der Waals surface area (Å²) in [7, 11) is -2.32. The Hall–Kier alpha value is -1.89. The third-order valence-electron chi connectivity index (χ3n) is 3.22. The van der Waals surface area contributed by atoms with E-state index in [2.05, 4.69) is 4.74 Å². The zero-order valence-corrected chi connectivity index (χ0v) is 14.1. The fourth-order valence-electron chi connectivity index (χ4n) is 2.06. The standard InChI is InChI=1S/C16H17NO4S.ClH/c1-21-16(18)15(17)11-12-6-5-9-14(10-12)22(19,20)13-7-3-2-4-8-13;/h2-10,15H,11,17H2,1H3;1H. The van der Waals surface area contributed by atoms with Crippen molar-refractivity contribution >= 4 is 28.2 Å². The molecule has 2 aromatic carbocycles. The van der Waals surface area contributed by atoms with Crippen LogP contribution in [0.2, 0.25) is 0 Å². The molecule has 7 heteroatoms. The molecule has 0 saturated carbocycles. The molecule has 0 amide bonds. The van der Waals surface area contributed by atoms with Crippen molar-refractivity contribution in [3.05, 3.63) is 60.2 Å². The zero-order chi connectivity index (χ0) is 16.2. The van der Waals surface area contributed by atoms with Crippen LogP contribution in [0.15, 0.2) is 64.4 Å². The van der Waals surface area contributed by atoms with Crippen LogP contribution in [0.1, 0.15) is 5.56 Å². The van der Waals surface area contributed by atoms with E-state index in [0.29, 0.717) is 5.56 Å². The van der Waals surface area contributed by atoms with E-state index in [0.717, 1.165) is 0 Å². The SMILES string of the molecule is COC(=O)C(N)Cc1cccc(S(=O)(=O)c2ccccc2)c1.Cl. The van der Waals surface area contributed by atoms with Gasteiger partial charge in [0.25, 0.3) is 0 Å². The van der Waals surface area contributed by atoms with Crippen LogP contribution < -0.4 is 5.73 Å². The summed E-state index contributed by atoms with van der Waals surface area (Å²) in [6, 6.07) is 13.8. The van der Waals surface area contributed by atoms with E-state index in [1.165, 1.54) is 19.2 Å². The number of benzene rings is 2. The molecule has 2 aromatic rings. The lowest BCUT2D eigenvalue weighted by molar-refractivity contribution is -0.142. The van der Waals surface area contributed by atoms with Gasteiger partial charge in [0.1, 0.15) is 6.04 Å². The molecule has 23 heavy (non-hydrogen) atoms. The van der Waals surface area contributed by atoms with Crippen molar-refractivity contribution < 1.29 is 17.9 Å². The number of hydrogen-bond acceptors (Lipinski definition) is 5. The maximum absolute atomic E-state index is 12.5. The summed E-state index contributed by atoms with van der Waals surface area (Å²) in [6.45, 7) is 0. The number of carbonyl (C=O) groups excluding carboxylic acids is 1. The van der Waals surface area contributed by atoms with Crippen LogP contribution in [0, 0.1) is 0 Å². The predicted octanol–water partition coefficient (Wildman–Crippen LogP) is 1.98. The number of carbonyl (C=O) groups is 1. The minimum Gasteiger partial charge on any atom is -0.468 e. The highest BCUT2D eigenvalue weighted by molar-refractivity contribution is 7.91. The summed E-state index contributed by atoms with van der Waals surface area (Å²) in [6.07, 6.45) is 0.213. The quantitative estimate of drug-likeness (QED) is 0.829. The molecule has 124 valence electrons. The monoisotopic (exact) mass is 355 g/mol. The number of ether oxygens (including phenoxy) is 1. The first-order valence-corrected chi connectivity index (χ1v) is 8.16. The van der Waals surface area contributed by atoms with Gasteiger partial charge in [0.05, 0.1) is 16.9 Å². The van der Waals surface area contributed by atoms with Gasteiger partial charge in [0.15, 0.2) is 0 Å². The summed E-state index contributed by atoms with van der Waals surface area (Å²) >= 11 is 0. The summed E-state index contributed by atoms with van der Waals surface area (Å²) in [5, 5.41) is 0. The third kappa shape index (κ3) is 4.54. The van der Waals surface area contributed by atoms with Crippen molar-refractivity contribution in [1.29, 1.82) is 0 Å². The second kappa shape index (κ2) is 8.10. The van der Waals surface area contributed by atoms with E-state index in [1.807, 2.05) is 0 Å². The molecule has 2 rings (SSSR count). The average Bonchev–Trinajstić information content (AvgIpc) is 2.55. The molecular weight excluding hydrogens is 338 g/mol. The predicted molar refractivity (Wildman–Crippen MR) is 89.3 cm³/mol. The molecule has 0 fully saturated rings. The number of sulfone groups is 1. The topological polar surface area (TPSA) is 86.5 Å². The summed E-state index contributed by atoms with van der Waals surface area (Å²) in [5.41, 5.74) is 6.37. The number of rotatable bonds is 5. The van der Waals surface area contributed by atoms with Crippen LogP contribution in [-0.2, 0) is 25.8 Å². The number of hydrogen-bond donors (Lipinski definition) is 1. The van der Waals surface area contributed by atoms with Gasteiger partial charge in [-0.15, -0.1) is 12.4 Å². The van der Waals surface area contributed by atoms with E-state index in [4.69, 9.17) is 5.73 Å². The number of esters is 1. The van der Waals surface area contributed by atoms with Crippen LogP contribution in [0.4, 0.5) is 0 Å². The van der Waals surface area contributed by atoms with Crippen LogP contribution in [-0.4, -0.2) is 27.5 Å². The first-order valence-electron chi connectivity index (χ1n) is 6.67. The lowest BCUT2D eigenvalue weighted by Gasteiger charge is -2.11. The van der Waals surface area contributed by atoms with E-state index in [-0.39, 0.29) is 28.6 Å². The Morgan fingerprint density at radius 3 is 2.30 bits per heavy atom. The maximum Gasteiger partial charge on any atom is 0.322 e. The molecule has 5 nitrogen and oxygen atoms in total. The Bertz CT molecular complexity index is 763. The van der Waals surface area contributed by atoms with Gasteiger partial charge < -0.3 is 10.5 Å². The lowest BCUT2D eigenvalue weighted by atomic mass is 10.1. The van der Waals surface area contributed by atoms with E-state index in [9.17, 15) is 13.2 Å². The second-order valence-corrected chi connectivity index (χ2v) is 6.75. The van der Waals surface area contributed by atoms with Gasteiger partial charge in [-0.1, -0.05) is 30.3 Å². The Kier molecular flexibility index (Phi) is 6.75. The second-order valence-electron chi connectivity index (χ2n) is 4.80. The molecule has 1 unspecified atom stereocenters. The van der Waals surface area contributed by atoms with E-state index < -0.39 is 21.8 Å². The van der Waals surface area contributed by atoms with Gasteiger partial charge in [-0.25, -0.2) is 8.42 Å². The summed E-state index contributed by atoms with van der Waals surface area (Å²) < 4.78 is 29.6. The van der Waals surface area contributed by atoms with E-state index >= 15 is 0 Å². The molecule has 0 aliphatic rings. The number of methoxy groups -OCH3 is 1. The van der Waals surface area contributed by atoms with Crippen molar-refractivity contribution in [3.8, 4) is 0 Å². The van der Waals surface area contributed by atoms with Crippen molar-refractivity contribution in [2.75, 3.05) is 7.11 Å².